The van der Waals surface area contributed by atoms with E-state index in [0.717, 1.165) is 56.5 Å². The highest BCUT2D eigenvalue weighted by Crippen LogP contribution is 2.41. The van der Waals surface area contributed by atoms with E-state index in [0.29, 0.717) is 0 Å². The van der Waals surface area contributed by atoms with Crippen LogP contribution in [0.2, 0.25) is 0 Å². The zero-order chi connectivity index (χ0) is 24.4. The van der Waals surface area contributed by atoms with Crippen LogP contribution >= 0.6 is 12.2 Å². The molecule has 1 N–H and O–H groups in total. The predicted molar refractivity (Wildman–Crippen MR) is 145 cm³/mol. The van der Waals surface area contributed by atoms with Gasteiger partial charge in [-0.1, -0.05) is 19.4 Å². The number of nitrogens with one attached hydrogen (secondary N) is 1. The summed E-state index contributed by atoms with van der Waals surface area (Å²) in [4.78, 5) is 9.45. The van der Waals surface area contributed by atoms with Gasteiger partial charge in [0.2, 0.25) is 0 Å². The third kappa shape index (κ3) is 4.67. The summed E-state index contributed by atoms with van der Waals surface area (Å²) in [6, 6.07) is 17.5. The molecule has 5 rings (SSSR count). The monoisotopic (exact) mass is 489 g/mol. The van der Waals surface area contributed by atoms with E-state index in [4.69, 9.17) is 17.0 Å². The third-order valence-corrected chi connectivity index (χ3v) is 7.58. The van der Waals surface area contributed by atoms with E-state index in [1.54, 1.807) is 0 Å². The van der Waals surface area contributed by atoms with Crippen molar-refractivity contribution in [1.82, 2.24) is 19.8 Å². The van der Waals surface area contributed by atoms with E-state index in [-0.39, 0.29) is 12.1 Å². The summed E-state index contributed by atoms with van der Waals surface area (Å²) in [7, 11) is 0. The summed E-state index contributed by atoms with van der Waals surface area (Å²) >= 11 is 5.83. The Kier molecular flexibility index (Phi) is 7.07. The molecule has 2 unspecified atom stereocenters. The van der Waals surface area contributed by atoms with Crippen LogP contribution in [0.15, 0.2) is 54.7 Å². The molecule has 2 aliphatic heterocycles. The highest BCUT2D eigenvalue weighted by molar-refractivity contribution is 7.80. The lowest BCUT2D eigenvalue weighted by Crippen LogP contribution is -2.36. The number of anilines is 1. The standard InChI is InChI=1S/C28H35N5OS/c1-4-5-14-32-27(26(30-28(32)35)25-8-6-7-13-29-25)24-19-20(2)33(21(24)3)23-11-9-22(10-12-23)31-15-17-34-18-16-31/h6-13,19,26-27H,4-5,14-18H2,1-3H3,(H,30,35). The van der Waals surface area contributed by atoms with Crippen molar-refractivity contribution < 1.29 is 4.74 Å². The molecule has 0 amide bonds. The smallest absolute Gasteiger partial charge is 0.170 e. The van der Waals surface area contributed by atoms with Gasteiger partial charge in [-0.05, 0) is 80.5 Å². The molecule has 2 aromatic heterocycles. The number of nitrogens with zero attached hydrogens (tertiary/aromatic N) is 4. The number of thiocarbonyl (C=S) groups is 1. The van der Waals surface area contributed by atoms with Gasteiger partial charge < -0.3 is 24.4 Å². The SMILES string of the molecule is CCCCN1C(=S)NC(c2ccccn2)C1c1cc(C)n(-c2ccc(N3CCOCC3)cc2)c1C. The minimum atomic E-state index is 0.0261. The molecule has 2 aliphatic rings. The fraction of sp³-hybridized carbons (Fsp3) is 0.429. The molecule has 3 aromatic rings. The molecule has 2 fully saturated rings. The van der Waals surface area contributed by atoms with Crippen molar-refractivity contribution >= 4 is 23.0 Å². The van der Waals surface area contributed by atoms with Gasteiger partial charge in [0.05, 0.1) is 31.0 Å². The number of hydrogen-bond acceptors (Lipinski definition) is 4. The predicted octanol–water partition coefficient (Wildman–Crippen LogP) is 5.10. The first-order chi connectivity index (χ1) is 17.1. The Hall–Kier alpha value is -2.90. The minimum Gasteiger partial charge on any atom is -0.378 e. The first kappa shape index (κ1) is 23.8. The Bertz CT molecular complexity index is 1150. The second-order valence-electron chi connectivity index (χ2n) is 9.45. The largest absolute Gasteiger partial charge is 0.378 e. The molecule has 4 heterocycles. The Morgan fingerprint density at radius 3 is 2.49 bits per heavy atom. The van der Waals surface area contributed by atoms with Crippen molar-refractivity contribution in [2.75, 3.05) is 37.7 Å². The number of aryl methyl sites for hydroxylation is 1. The third-order valence-electron chi connectivity index (χ3n) is 7.22. The number of aromatic nitrogens is 2. The molecule has 2 atom stereocenters. The number of pyridine rings is 1. The molecule has 7 heteroatoms. The van der Waals surface area contributed by atoms with Gasteiger partial charge in [0.25, 0.3) is 0 Å². The summed E-state index contributed by atoms with van der Waals surface area (Å²) in [5.41, 5.74) is 7.25. The molecule has 184 valence electrons. The van der Waals surface area contributed by atoms with Crippen molar-refractivity contribution in [3.63, 3.8) is 0 Å². The van der Waals surface area contributed by atoms with Crippen LogP contribution in [-0.2, 0) is 4.74 Å². The number of benzene rings is 1. The van der Waals surface area contributed by atoms with E-state index in [9.17, 15) is 0 Å². The van der Waals surface area contributed by atoms with E-state index in [2.05, 4.69) is 87.9 Å². The van der Waals surface area contributed by atoms with Crippen molar-refractivity contribution in [3.8, 4) is 5.69 Å². The summed E-state index contributed by atoms with van der Waals surface area (Å²) in [6.07, 6.45) is 4.11. The molecule has 6 nitrogen and oxygen atoms in total. The van der Waals surface area contributed by atoms with Crippen LogP contribution < -0.4 is 10.2 Å². The average molecular weight is 490 g/mol. The first-order valence-electron chi connectivity index (χ1n) is 12.7. The number of unbranched alkanes of at least 4 members (excludes halogenated alkanes) is 1. The Morgan fingerprint density at radius 2 is 1.80 bits per heavy atom. The maximum Gasteiger partial charge on any atom is 0.170 e. The maximum absolute atomic E-state index is 5.83. The summed E-state index contributed by atoms with van der Waals surface area (Å²) in [5, 5.41) is 4.41. The van der Waals surface area contributed by atoms with Crippen LogP contribution in [0.5, 0.6) is 0 Å². The molecule has 0 radical (unpaired) electrons. The van der Waals surface area contributed by atoms with Crippen molar-refractivity contribution in [3.05, 3.63) is 77.4 Å². The Labute approximate surface area is 213 Å². The molecule has 0 bridgehead atoms. The lowest BCUT2D eigenvalue weighted by atomic mass is 9.96. The van der Waals surface area contributed by atoms with Gasteiger partial charge >= 0.3 is 0 Å². The second-order valence-corrected chi connectivity index (χ2v) is 9.84. The van der Waals surface area contributed by atoms with Crippen LogP contribution in [0.25, 0.3) is 5.69 Å². The van der Waals surface area contributed by atoms with Crippen molar-refractivity contribution in [1.29, 1.82) is 0 Å². The van der Waals surface area contributed by atoms with Crippen LogP contribution in [0.4, 0.5) is 5.69 Å². The van der Waals surface area contributed by atoms with Gasteiger partial charge in [0, 0.05) is 48.6 Å². The second kappa shape index (κ2) is 10.4. The van der Waals surface area contributed by atoms with Gasteiger partial charge in [-0.3, -0.25) is 4.98 Å². The summed E-state index contributed by atoms with van der Waals surface area (Å²) < 4.78 is 7.88. The minimum absolute atomic E-state index is 0.0261. The Balaban J connectivity index is 1.50. The molecule has 0 aliphatic carbocycles. The first-order valence-corrected chi connectivity index (χ1v) is 13.1. The molecule has 2 saturated heterocycles. The highest BCUT2D eigenvalue weighted by atomic mass is 32.1. The van der Waals surface area contributed by atoms with Gasteiger partial charge in [-0.25, -0.2) is 0 Å². The Morgan fingerprint density at radius 1 is 1.06 bits per heavy atom. The zero-order valence-corrected chi connectivity index (χ0v) is 21.7. The molecular weight excluding hydrogens is 454 g/mol. The lowest BCUT2D eigenvalue weighted by Gasteiger charge is -2.29. The normalized spacial score (nSPS) is 20.4. The van der Waals surface area contributed by atoms with Gasteiger partial charge in [-0.15, -0.1) is 0 Å². The topological polar surface area (TPSA) is 45.6 Å². The number of hydrogen-bond donors (Lipinski definition) is 1. The molecular formula is C28H35N5OS. The average Bonchev–Trinajstić information content (AvgIpc) is 3.38. The van der Waals surface area contributed by atoms with E-state index < -0.39 is 0 Å². The van der Waals surface area contributed by atoms with E-state index in [1.807, 2.05) is 12.3 Å². The van der Waals surface area contributed by atoms with Gasteiger partial charge in [-0.2, -0.15) is 0 Å². The highest BCUT2D eigenvalue weighted by Gasteiger charge is 2.41. The molecule has 35 heavy (non-hydrogen) atoms. The summed E-state index contributed by atoms with van der Waals surface area (Å²) in [5.74, 6) is 0. The number of rotatable bonds is 7. The molecule has 0 saturated carbocycles. The maximum atomic E-state index is 5.83. The van der Waals surface area contributed by atoms with Gasteiger partial charge in [0.15, 0.2) is 5.11 Å². The lowest BCUT2D eigenvalue weighted by molar-refractivity contribution is 0.122. The van der Waals surface area contributed by atoms with Crippen molar-refractivity contribution in [2.45, 2.75) is 45.7 Å². The van der Waals surface area contributed by atoms with Crippen molar-refractivity contribution in [2.24, 2.45) is 0 Å². The summed E-state index contributed by atoms with van der Waals surface area (Å²) in [6.45, 7) is 11.1. The van der Waals surface area contributed by atoms with Crippen LogP contribution in [0, 0.1) is 13.8 Å². The zero-order valence-electron chi connectivity index (χ0n) is 20.9. The quantitative estimate of drug-likeness (QED) is 0.466. The van der Waals surface area contributed by atoms with E-state index >= 15 is 0 Å². The fourth-order valence-corrected chi connectivity index (χ4v) is 5.76. The fourth-order valence-electron chi connectivity index (χ4n) is 5.43. The van der Waals surface area contributed by atoms with Crippen LogP contribution in [0.1, 0.15) is 54.5 Å². The van der Waals surface area contributed by atoms with E-state index in [1.165, 1.54) is 28.3 Å². The van der Waals surface area contributed by atoms with Crippen LogP contribution in [-0.4, -0.2) is 52.4 Å². The molecule has 1 aromatic carbocycles. The molecule has 0 spiro atoms. The number of morpholine rings is 1. The number of ether oxygens (including phenoxy) is 1. The van der Waals surface area contributed by atoms with Gasteiger partial charge in [0.1, 0.15) is 0 Å². The van der Waals surface area contributed by atoms with Crippen LogP contribution in [0.3, 0.4) is 0 Å².